The van der Waals surface area contributed by atoms with E-state index in [-0.39, 0.29) is 24.8 Å². The molecule has 0 aliphatic rings. The molecular weight excluding hydrogens is 378 g/mol. The number of ether oxygens (including phenoxy) is 1. The summed E-state index contributed by atoms with van der Waals surface area (Å²) in [6, 6.07) is 26.2. The van der Waals surface area contributed by atoms with E-state index < -0.39 is 0 Å². The first-order valence-electron chi connectivity index (χ1n) is 9.58. The lowest BCUT2D eigenvalue weighted by Crippen LogP contribution is -2.28. The fourth-order valence-corrected chi connectivity index (χ4v) is 2.65. The molecule has 30 heavy (non-hydrogen) atoms. The van der Waals surface area contributed by atoms with Gasteiger partial charge >= 0.3 is 0 Å². The van der Waals surface area contributed by atoms with Crippen LogP contribution in [0.3, 0.4) is 0 Å². The van der Waals surface area contributed by atoms with E-state index >= 15 is 0 Å². The van der Waals surface area contributed by atoms with Crippen LogP contribution in [0.5, 0.6) is 5.75 Å². The third kappa shape index (κ3) is 7.24. The maximum absolute atomic E-state index is 11.9. The molecule has 0 saturated carbocycles. The molecule has 3 aromatic rings. The van der Waals surface area contributed by atoms with E-state index in [1.54, 1.807) is 30.5 Å². The van der Waals surface area contributed by atoms with Gasteiger partial charge in [-0.15, -0.1) is 0 Å². The third-order valence-corrected chi connectivity index (χ3v) is 4.19. The van der Waals surface area contributed by atoms with Crippen LogP contribution in [0.2, 0.25) is 0 Å². The van der Waals surface area contributed by atoms with Gasteiger partial charge in [-0.25, -0.2) is 5.43 Å². The largest absolute Gasteiger partial charge is 0.484 e. The number of nitrogens with one attached hydrogen (secondary N) is 2. The monoisotopic (exact) mass is 401 g/mol. The number of benzene rings is 3. The average molecular weight is 401 g/mol. The molecule has 0 fully saturated rings. The molecule has 0 saturated heterocycles. The lowest BCUT2D eigenvalue weighted by Gasteiger charge is -2.08. The van der Waals surface area contributed by atoms with Gasteiger partial charge in [-0.1, -0.05) is 60.7 Å². The zero-order valence-corrected chi connectivity index (χ0v) is 16.5. The van der Waals surface area contributed by atoms with Crippen LogP contribution in [0.25, 0.3) is 0 Å². The highest BCUT2D eigenvalue weighted by molar-refractivity contribution is 5.83. The molecule has 0 heterocycles. The Labute approximate surface area is 175 Å². The third-order valence-electron chi connectivity index (χ3n) is 4.19. The molecule has 0 aliphatic carbocycles. The van der Waals surface area contributed by atoms with Crippen molar-refractivity contribution in [3.8, 4) is 5.75 Å². The maximum Gasteiger partial charge on any atom is 0.258 e. The molecular formula is C24H23N3O3. The summed E-state index contributed by atoms with van der Waals surface area (Å²) in [5, 5.41) is 6.78. The number of carbonyl (C=O) groups is 2. The van der Waals surface area contributed by atoms with Gasteiger partial charge in [-0.3, -0.25) is 9.59 Å². The Hall–Kier alpha value is -3.93. The molecule has 0 atom stereocenters. The Balaban J connectivity index is 1.38. The fraction of sp³-hybridized carbons (Fsp3) is 0.125. The van der Waals surface area contributed by atoms with Gasteiger partial charge in [0.15, 0.2) is 6.61 Å². The molecule has 6 heteroatoms. The standard InChI is InChI=1S/C24H23N3O3/c28-23(15-19-7-3-1-4-8-19)27-26-17-21-11-13-22(14-12-21)30-18-24(29)25-16-20-9-5-2-6-10-20/h1-14,17H,15-16,18H2,(H,25,29)(H,27,28)/b26-17+. The first-order chi connectivity index (χ1) is 14.7. The lowest BCUT2D eigenvalue weighted by atomic mass is 10.1. The van der Waals surface area contributed by atoms with E-state index in [0.29, 0.717) is 12.3 Å². The molecule has 3 rings (SSSR count). The Morgan fingerprint density at radius 1 is 0.800 bits per heavy atom. The molecule has 2 N–H and O–H groups in total. The van der Waals surface area contributed by atoms with E-state index in [9.17, 15) is 9.59 Å². The number of carbonyl (C=O) groups excluding carboxylic acids is 2. The summed E-state index contributed by atoms with van der Waals surface area (Å²) < 4.78 is 5.49. The quantitative estimate of drug-likeness (QED) is 0.427. The Morgan fingerprint density at radius 3 is 2.10 bits per heavy atom. The van der Waals surface area contributed by atoms with Crippen molar-refractivity contribution in [3.05, 3.63) is 102 Å². The number of hydrogen-bond acceptors (Lipinski definition) is 4. The van der Waals surface area contributed by atoms with Crippen LogP contribution in [0.1, 0.15) is 16.7 Å². The first-order valence-corrected chi connectivity index (χ1v) is 9.58. The van der Waals surface area contributed by atoms with Gasteiger partial charge < -0.3 is 10.1 Å². The van der Waals surface area contributed by atoms with E-state index in [1.165, 1.54) is 0 Å². The second kappa shape index (κ2) is 11.2. The molecule has 152 valence electrons. The van der Waals surface area contributed by atoms with Crippen molar-refractivity contribution in [2.24, 2.45) is 5.10 Å². The summed E-state index contributed by atoms with van der Waals surface area (Å²) in [4.78, 5) is 23.8. The predicted octanol–water partition coefficient (Wildman–Crippen LogP) is 3.07. The Bertz CT molecular complexity index is 972. The van der Waals surface area contributed by atoms with Crippen molar-refractivity contribution in [1.29, 1.82) is 0 Å². The van der Waals surface area contributed by atoms with Crippen molar-refractivity contribution in [3.63, 3.8) is 0 Å². The highest BCUT2D eigenvalue weighted by Gasteiger charge is 2.03. The molecule has 0 unspecified atom stereocenters. The second-order valence-corrected chi connectivity index (χ2v) is 6.58. The molecule has 0 aromatic heterocycles. The van der Waals surface area contributed by atoms with Crippen molar-refractivity contribution in [2.45, 2.75) is 13.0 Å². The number of nitrogens with zero attached hydrogens (tertiary/aromatic N) is 1. The summed E-state index contributed by atoms with van der Waals surface area (Å²) >= 11 is 0. The van der Waals surface area contributed by atoms with Crippen LogP contribution >= 0.6 is 0 Å². The van der Waals surface area contributed by atoms with Crippen LogP contribution in [0.4, 0.5) is 0 Å². The summed E-state index contributed by atoms with van der Waals surface area (Å²) in [5.41, 5.74) is 5.27. The number of amides is 2. The van der Waals surface area contributed by atoms with Crippen molar-refractivity contribution < 1.29 is 14.3 Å². The van der Waals surface area contributed by atoms with E-state index in [4.69, 9.17) is 4.74 Å². The highest BCUT2D eigenvalue weighted by Crippen LogP contribution is 2.11. The SMILES string of the molecule is O=C(COc1ccc(/C=N/NC(=O)Cc2ccccc2)cc1)NCc1ccccc1. The van der Waals surface area contributed by atoms with Crippen molar-refractivity contribution in [1.82, 2.24) is 10.7 Å². The van der Waals surface area contributed by atoms with E-state index in [0.717, 1.165) is 16.7 Å². The van der Waals surface area contributed by atoms with E-state index in [1.807, 2.05) is 60.7 Å². The predicted molar refractivity (Wildman–Crippen MR) is 116 cm³/mol. The summed E-state index contributed by atoms with van der Waals surface area (Å²) in [7, 11) is 0. The zero-order chi connectivity index (χ0) is 21.0. The molecule has 3 aromatic carbocycles. The molecule has 0 radical (unpaired) electrons. The van der Waals surface area contributed by atoms with Gasteiger partial charge in [-0.05, 0) is 41.0 Å². The van der Waals surface area contributed by atoms with Gasteiger partial charge in [0.1, 0.15) is 5.75 Å². The smallest absolute Gasteiger partial charge is 0.258 e. The zero-order valence-electron chi connectivity index (χ0n) is 16.5. The van der Waals surface area contributed by atoms with Crippen LogP contribution in [0.15, 0.2) is 90.0 Å². The van der Waals surface area contributed by atoms with E-state index in [2.05, 4.69) is 15.8 Å². The fourth-order valence-electron chi connectivity index (χ4n) is 2.65. The summed E-state index contributed by atoms with van der Waals surface area (Å²) in [6.45, 7) is 0.407. The van der Waals surface area contributed by atoms with Gasteiger partial charge in [0.2, 0.25) is 5.91 Å². The topological polar surface area (TPSA) is 79.8 Å². The minimum atomic E-state index is -0.189. The van der Waals surface area contributed by atoms with Gasteiger partial charge in [0.05, 0.1) is 12.6 Å². The number of hydrazone groups is 1. The average Bonchev–Trinajstić information content (AvgIpc) is 2.78. The van der Waals surface area contributed by atoms with Crippen LogP contribution in [-0.2, 0) is 22.6 Å². The molecule has 0 spiro atoms. The molecule has 0 aliphatic heterocycles. The molecule has 6 nitrogen and oxygen atoms in total. The van der Waals surface area contributed by atoms with Gasteiger partial charge in [-0.2, -0.15) is 5.10 Å². The Kier molecular flexibility index (Phi) is 7.74. The molecule has 0 bridgehead atoms. The van der Waals surface area contributed by atoms with Crippen LogP contribution < -0.4 is 15.5 Å². The minimum absolute atomic E-state index is 0.0597. The summed E-state index contributed by atoms with van der Waals surface area (Å²) in [5.74, 6) is 0.208. The summed E-state index contributed by atoms with van der Waals surface area (Å²) in [6.07, 6.45) is 1.83. The first kappa shape index (κ1) is 20.8. The highest BCUT2D eigenvalue weighted by atomic mass is 16.5. The van der Waals surface area contributed by atoms with Gasteiger partial charge in [0.25, 0.3) is 5.91 Å². The van der Waals surface area contributed by atoms with Crippen LogP contribution in [-0.4, -0.2) is 24.6 Å². The maximum atomic E-state index is 11.9. The normalized spacial score (nSPS) is 10.5. The number of hydrogen-bond donors (Lipinski definition) is 2. The molecule has 2 amide bonds. The van der Waals surface area contributed by atoms with Gasteiger partial charge in [0, 0.05) is 6.54 Å². The van der Waals surface area contributed by atoms with Crippen molar-refractivity contribution >= 4 is 18.0 Å². The Morgan fingerprint density at radius 2 is 1.43 bits per heavy atom. The minimum Gasteiger partial charge on any atom is -0.484 e. The lowest BCUT2D eigenvalue weighted by molar-refractivity contribution is -0.123. The van der Waals surface area contributed by atoms with Crippen molar-refractivity contribution in [2.75, 3.05) is 6.61 Å². The number of rotatable bonds is 9. The van der Waals surface area contributed by atoms with Crippen LogP contribution in [0, 0.1) is 0 Å². The second-order valence-electron chi connectivity index (χ2n) is 6.58.